The van der Waals surface area contributed by atoms with Crippen molar-refractivity contribution in [2.75, 3.05) is 5.75 Å². The number of hydrogen-bond donors (Lipinski definition) is 0. The first-order valence-corrected chi connectivity index (χ1v) is 7.12. The molecule has 0 aliphatic heterocycles. The topological polar surface area (TPSA) is 64.1 Å². The van der Waals surface area contributed by atoms with Crippen LogP contribution >= 0.6 is 0 Å². The summed E-state index contributed by atoms with van der Waals surface area (Å²) in [6, 6.07) is 0.467. The van der Waals surface area contributed by atoms with E-state index in [1.165, 1.54) is 13.8 Å². The first-order chi connectivity index (χ1) is 8.63. The number of sulfone groups is 1. The first kappa shape index (κ1) is 15.6. The summed E-state index contributed by atoms with van der Waals surface area (Å²) in [6.45, 7) is 2.76. The second-order valence-corrected chi connectivity index (χ2v) is 6.00. The maximum atomic E-state index is 12.6. The lowest BCUT2D eigenvalue weighted by Crippen LogP contribution is -2.16. The molecule has 0 unspecified atom stereocenters. The Morgan fingerprint density at radius 3 is 2.32 bits per heavy atom. The van der Waals surface area contributed by atoms with E-state index in [1.54, 1.807) is 0 Å². The van der Waals surface area contributed by atoms with Crippen LogP contribution in [0.3, 0.4) is 0 Å². The number of carbonyl (C=O) groups excluding carboxylic acids is 1. The quantitative estimate of drug-likeness (QED) is 0.801. The third kappa shape index (κ3) is 3.31. The molecule has 0 amide bonds. The predicted molar refractivity (Wildman–Crippen MR) is 61.6 cm³/mol. The molecule has 1 heterocycles. The van der Waals surface area contributed by atoms with Crippen LogP contribution in [-0.4, -0.2) is 24.9 Å². The Labute approximate surface area is 108 Å². The van der Waals surface area contributed by atoms with Gasteiger partial charge in [0.1, 0.15) is 5.69 Å². The standard InChI is InChI=1S/C11H12F3NO3S/c1-3-8(16)10-9(19(17,18)4-2)5-7(6-15-10)11(12,13)14/h5-6H,3-4H2,1-2H3. The molecule has 0 bridgehead atoms. The van der Waals surface area contributed by atoms with Gasteiger partial charge in [0.25, 0.3) is 0 Å². The zero-order chi connectivity index (χ0) is 14.8. The summed E-state index contributed by atoms with van der Waals surface area (Å²) < 4.78 is 61.2. The van der Waals surface area contributed by atoms with Crippen LogP contribution in [0.4, 0.5) is 13.2 Å². The number of aromatic nitrogens is 1. The fourth-order valence-electron chi connectivity index (χ4n) is 1.37. The molecule has 0 saturated heterocycles. The molecule has 1 aromatic rings. The van der Waals surface area contributed by atoms with E-state index in [0.717, 1.165) is 0 Å². The third-order valence-corrected chi connectivity index (χ3v) is 4.22. The normalized spacial score (nSPS) is 12.5. The Bertz CT molecular complexity index is 594. The van der Waals surface area contributed by atoms with E-state index in [4.69, 9.17) is 0 Å². The van der Waals surface area contributed by atoms with Gasteiger partial charge >= 0.3 is 6.18 Å². The van der Waals surface area contributed by atoms with E-state index in [0.29, 0.717) is 12.3 Å². The lowest BCUT2D eigenvalue weighted by molar-refractivity contribution is -0.138. The van der Waals surface area contributed by atoms with Gasteiger partial charge in [0, 0.05) is 12.6 Å². The molecule has 1 aromatic heterocycles. The molecule has 0 radical (unpaired) electrons. The first-order valence-electron chi connectivity index (χ1n) is 5.46. The Morgan fingerprint density at radius 2 is 1.89 bits per heavy atom. The number of carbonyl (C=O) groups is 1. The van der Waals surface area contributed by atoms with Gasteiger partial charge in [-0.25, -0.2) is 8.42 Å². The smallest absolute Gasteiger partial charge is 0.292 e. The molecule has 0 spiro atoms. The number of halogens is 3. The average molecular weight is 295 g/mol. The fraction of sp³-hybridized carbons (Fsp3) is 0.455. The van der Waals surface area contributed by atoms with Gasteiger partial charge in [0.15, 0.2) is 15.6 Å². The van der Waals surface area contributed by atoms with Crippen LogP contribution in [0.2, 0.25) is 0 Å². The highest BCUT2D eigenvalue weighted by atomic mass is 32.2. The Morgan fingerprint density at radius 1 is 1.32 bits per heavy atom. The fourth-order valence-corrected chi connectivity index (χ4v) is 2.45. The van der Waals surface area contributed by atoms with Crippen LogP contribution in [-0.2, 0) is 16.0 Å². The maximum absolute atomic E-state index is 12.6. The van der Waals surface area contributed by atoms with E-state index < -0.39 is 43.7 Å². The van der Waals surface area contributed by atoms with Crippen LogP contribution in [0.25, 0.3) is 0 Å². The number of Topliss-reactive ketones (excluding diaryl/α,β-unsaturated/α-hetero) is 1. The molecule has 106 valence electrons. The predicted octanol–water partition coefficient (Wildman–Crippen LogP) is 2.49. The van der Waals surface area contributed by atoms with Crippen molar-refractivity contribution in [3.63, 3.8) is 0 Å². The molecule has 0 aliphatic rings. The van der Waals surface area contributed by atoms with E-state index in [1.807, 2.05) is 0 Å². The van der Waals surface area contributed by atoms with Crippen molar-refractivity contribution in [3.8, 4) is 0 Å². The number of alkyl halides is 3. The van der Waals surface area contributed by atoms with Gasteiger partial charge in [-0.2, -0.15) is 13.2 Å². The molecule has 0 aromatic carbocycles. The van der Waals surface area contributed by atoms with Crippen molar-refractivity contribution in [3.05, 3.63) is 23.5 Å². The summed E-state index contributed by atoms with van der Waals surface area (Å²) in [5, 5.41) is 0. The van der Waals surface area contributed by atoms with Crippen LogP contribution in [0, 0.1) is 0 Å². The highest BCUT2D eigenvalue weighted by Gasteiger charge is 2.34. The number of hydrogen-bond acceptors (Lipinski definition) is 4. The minimum absolute atomic E-state index is 0.0371. The lowest BCUT2D eigenvalue weighted by atomic mass is 10.2. The zero-order valence-electron chi connectivity index (χ0n) is 10.3. The second kappa shape index (κ2) is 5.28. The van der Waals surface area contributed by atoms with Crippen molar-refractivity contribution >= 4 is 15.6 Å². The van der Waals surface area contributed by atoms with E-state index in [9.17, 15) is 26.4 Å². The number of ketones is 1. The van der Waals surface area contributed by atoms with E-state index in [-0.39, 0.29) is 6.42 Å². The molecule has 0 N–H and O–H groups in total. The summed E-state index contributed by atoms with van der Waals surface area (Å²) in [6.07, 6.45) is -4.28. The van der Waals surface area contributed by atoms with Crippen molar-refractivity contribution in [1.29, 1.82) is 0 Å². The minimum atomic E-state index is -4.71. The highest BCUT2D eigenvalue weighted by molar-refractivity contribution is 7.91. The molecule has 1 rings (SSSR count). The van der Waals surface area contributed by atoms with Gasteiger partial charge in [-0.15, -0.1) is 0 Å². The summed E-state index contributed by atoms with van der Waals surface area (Å²) in [7, 11) is -3.95. The van der Waals surface area contributed by atoms with Crippen LogP contribution in [0.1, 0.15) is 36.3 Å². The number of nitrogens with zero attached hydrogens (tertiary/aromatic N) is 1. The van der Waals surface area contributed by atoms with Crippen LogP contribution in [0.15, 0.2) is 17.2 Å². The van der Waals surface area contributed by atoms with E-state index in [2.05, 4.69) is 4.98 Å². The van der Waals surface area contributed by atoms with Gasteiger partial charge in [0.2, 0.25) is 0 Å². The van der Waals surface area contributed by atoms with Gasteiger partial charge in [-0.1, -0.05) is 13.8 Å². The lowest BCUT2D eigenvalue weighted by Gasteiger charge is -2.11. The van der Waals surface area contributed by atoms with Gasteiger partial charge in [-0.05, 0) is 6.07 Å². The highest BCUT2D eigenvalue weighted by Crippen LogP contribution is 2.31. The third-order valence-electron chi connectivity index (χ3n) is 2.48. The summed E-state index contributed by atoms with van der Waals surface area (Å²) in [4.78, 5) is 14.3. The molecule has 0 fully saturated rings. The summed E-state index contributed by atoms with van der Waals surface area (Å²) >= 11 is 0. The number of pyridine rings is 1. The molecule has 4 nitrogen and oxygen atoms in total. The molecular weight excluding hydrogens is 283 g/mol. The molecule has 8 heteroatoms. The van der Waals surface area contributed by atoms with Gasteiger partial charge in [-0.3, -0.25) is 9.78 Å². The Balaban J connectivity index is 3.57. The molecule has 0 aliphatic carbocycles. The number of rotatable bonds is 4. The molecular formula is C11H12F3NO3S. The molecule has 19 heavy (non-hydrogen) atoms. The largest absolute Gasteiger partial charge is 0.417 e. The zero-order valence-corrected chi connectivity index (χ0v) is 11.1. The average Bonchev–Trinajstić information content (AvgIpc) is 2.36. The second-order valence-electron chi connectivity index (χ2n) is 3.75. The van der Waals surface area contributed by atoms with Crippen LogP contribution in [0.5, 0.6) is 0 Å². The van der Waals surface area contributed by atoms with Crippen molar-refractivity contribution in [2.24, 2.45) is 0 Å². The monoisotopic (exact) mass is 295 g/mol. The summed E-state index contributed by atoms with van der Waals surface area (Å²) in [5.41, 5.74) is -1.62. The Hall–Kier alpha value is -1.44. The molecule has 0 saturated carbocycles. The maximum Gasteiger partial charge on any atom is 0.417 e. The summed E-state index contributed by atoms with van der Waals surface area (Å²) in [5.74, 6) is -1.01. The minimum Gasteiger partial charge on any atom is -0.292 e. The van der Waals surface area contributed by atoms with Crippen molar-refractivity contribution in [2.45, 2.75) is 31.3 Å². The van der Waals surface area contributed by atoms with Crippen molar-refractivity contribution < 1.29 is 26.4 Å². The SMILES string of the molecule is CCC(=O)c1ncc(C(F)(F)F)cc1S(=O)(=O)CC. The Kier molecular flexibility index (Phi) is 4.34. The van der Waals surface area contributed by atoms with Crippen molar-refractivity contribution in [1.82, 2.24) is 4.98 Å². The van der Waals surface area contributed by atoms with Crippen LogP contribution < -0.4 is 0 Å². The van der Waals surface area contributed by atoms with Gasteiger partial charge < -0.3 is 0 Å². The van der Waals surface area contributed by atoms with Gasteiger partial charge in [0.05, 0.1) is 16.2 Å². The molecule has 0 atom stereocenters. The van der Waals surface area contributed by atoms with E-state index >= 15 is 0 Å².